The Hall–Kier alpha value is -2.84. The molecule has 1 unspecified atom stereocenters. The molecule has 0 saturated carbocycles. The van der Waals surface area contributed by atoms with Crippen LogP contribution in [0.3, 0.4) is 0 Å². The van der Waals surface area contributed by atoms with Crippen LogP contribution in [0.1, 0.15) is 49.2 Å². The molecule has 5 rings (SSSR count). The average molecular weight is 406 g/mol. The fourth-order valence-corrected chi connectivity index (χ4v) is 4.16. The summed E-state index contributed by atoms with van der Waals surface area (Å²) in [5, 5.41) is 17.6. The van der Waals surface area contributed by atoms with Crippen LogP contribution in [0.25, 0.3) is 10.9 Å². The molecule has 0 aromatic carbocycles. The minimum atomic E-state index is -0.634. The van der Waals surface area contributed by atoms with E-state index in [1.807, 2.05) is 12.1 Å². The number of fused-ring (bicyclic) bond motifs is 2. The molecule has 5 heterocycles. The molecule has 2 aliphatic rings. The van der Waals surface area contributed by atoms with Gasteiger partial charge in [-0.1, -0.05) is 6.07 Å². The topological polar surface area (TPSA) is 99.1 Å². The highest BCUT2D eigenvalue weighted by Crippen LogP contribution is 2.29. The summed E-state index contributed by atoms with van der Waals surface area (Å²) >= 11 is 0. The summed E-state index contributed by atoms with van der Waals surface area (Å²) in [6.07, 6.45) is 5.62. The summed E-state index contributed by atoms with van der Waals surface area (Å²) < 4.78 is 0. The Morgan fingerprint density at radius 2 is 2.00 bits per heavy atom. The van der Waals surface area contributed by atoms with Gasteiger partial charge in [0.15, 0.2) is 5.82 Å². The lowest BCUT2D eigenvalue weighted by Crippen LogP contribution is -2.30. The quantitative estimate of drug-likeness (QED) is 0.609. The molecular weight excluding hydrogens is 378 g/mol. The molecule has 0 spiro atoms. The van der Waals surface area contributed by atoms with E-state index in [1.54, 1.807) is 13.1 Å². The molecule has 0 bridgehead atoms. The van der Waals surface area contributed by atoms with Crippen molar-refractivity contribution in [1.82, 2.24) is 25.3 Å². The summed E-state index contributed by atoms with van der Waals surface area (Å²) in [4.78, 5) is 21.1. The van der Waals surface area contributed by atoms with Crippen molar-refractivity contribution in [3.05, 3.63) is 41.3 Å². The van der Waals surface area contributed by atoms with Gasteiger partial charge >= 0.3 is 0 Å². The highest BCUT2D eigenvalue weighted by atomic mass is 16.3. The van der Waals surface area contributed by atoms with Gasteiger partial charge in [0.2, 0.25) is 5.95 Å². The predicted molar refractivity (Wildman–Crippen MR) is 117 cm³/mol. The lowest BCUT2D eigenvalue weighted by molar-refractivity contribution is 0.194. The number of hydrogen-bond donors (Lipinski definition) is 3. The van der Waals surface area contributed by atoms with Crippen LogP contribution in [-0.2, 0) is 13.0 Å². The van der Waals surface area contributed by atoms with Crippen LogP contribution in [-0.4, -0.2) is 44.7 Å². The Bertz CT molecular complexity index is 1060. The van der Waals surface area contributed by atoms with Gasteiger partial charge in [0, 0.05) is 49.9 Å². The van der Waals surface area contributed by atoms with Gasteiger partial charge in [0.25, 0.3) is 0 Å². The number of piperidine rings is 1. The van der Waals surface area contributed by atoms with E-state index in [-0.39, 0.29) is 0 Å². The molecule has 3 aromatic rings. The van der Waals surface area contributed by atoms with Gasteiger partial charge < -0.3 is 20.6 Å². The second-order valence-corrected chi connectivity index (χ2v) is 8.08. The largest absolute Gasteiger partial charge is 0.387 e. The van der Waals surface area contributed by atoms with Crippen molar-refractivity contribution in [2.24, 2.45) is 0 Å². The molecule has 2 aliphatic heterocycles. The first kappa shape index (κ1) is 19.1. The summed E-state index contributed by atoms with van der Waals surface area (Å²) in [6, 6.07) is 5.95. The van der Waals surface area contributed by atoms with Crippen LogP contribution >= 0.6 is 0 Å². The van der Waals surface area contributed by atoms with E-state index in [2.05, 4.69) is 26.6 Å². The van der Waals surface area contributed by atoms with Crippen LogP contribution in [0.5, 0.6) is 0 Å². The Morgan fingerprint density at radius 3 is 2.83 bits per heavy atom. The predicted octanol–water partition coefficient (Wildman–Crippen LogP) is 2.85. The van der Waals surface area contributed by atoms with Crippen molar-refractivity contribution in [3.63, 3.8) is 0 Å². The van der Waals surface area contributed by atoms with E-state index in [9.17, 15) is 5.11 Å². The third-order valence-corrected chi connectivity index (χ3v) is 5.81. The Labute approximate surface area is 175 Å². The minimum Gasteiger partial charge on any atom is -0.387 e. The van der Waals surface area contributed by atoms with Crippen molar-refractivity contribution in [1.29, 1.82) is 0 Å². The van der Waals surface area contributed by atoms with Crippen LogP contribution in [0.15, 0.2) is 24.4 Å². The fraction of sp³-hybridized carbons (Fsp3) is 0.455. The summed E-state index contributed by atoms with van der Waals surface area (Å²) in [5.74, 6) is 2.09. The molecule has 1 fully saturated rings. The molecule has 30 heavy (non-hydrogen) atoms. The molecule has 156 valence electrons. The monoisotopic (exact) mass is 405 g/mol. The normalized spacial score (nSPS) is 17.6. The number of aromatic nitrogens is 4. The van der Waals surface area contributed by atoms with Crippen molar-refractivity contribution in [2.45, 2.75) is 45.3 Å². The van der Waals surface area contributed by atoms with Crippen LogP contribution in [0.2, 0.25) is 0 Å². The van der Waals surface area contributed by atoms with Crippen molar-refractivity contribution in [2.75, 3.05) is 29.9 Å². The first-order chi connectivity index (χ1) is 14.7. The van der Waals surface area contributed by atoms with E-state index in [1.165, 1.54) is 12.0 Å². The third kappa shape index (κ3) is 3.80. The zero-order valence-electron chi connectivity index (χ0n) is 17.2. The van der Waals surface area contributed by atoms with Crippen molar-refractivity contribution < 1.29 is 5.11 Å². The number of hydrogen-bond acceptors (Lipinski definition) is 8. The van der Waals surface area contributed by atoms with E-state index in [0.29, 0.717) is 11.6 Å². The molecule has 0 aliphatic carbocycles. The molecule has 8 nitrogen and oxygen atoms in total. The number of rotatable bonds is 4. The van der Waals surface area contributed by atoms with Gasteiger partial charge in [-0.2, -0.15) is 0 Å². The molecule has 1 atom stereocenters. The standard InChI is InChI=1S/C22H27N7O/c1-14(30)18-11-16-13-24-22(27-19-6-5-15-12-23-8-7-17(15)25-19)28-20(16)21(26-18)29-9-3-2-4-10-29/h5-6,11,13-14,23,30H,2-4,7-10,12H2,1H3,(H,24,25,27,28). The van der Waals surface area contributed by atoms with Gasteiger partial charge in [0.1, 0.15) is 11.3 Å². The first-order valence-electron chi connectivity index (χ1n) is 10.7. The minimum absolute atomic E-state index is 0.508. The SMILES string of the molecule is CC(O)c1cc2cnc(Nc3ccc4c(n3)CCNC4)nc2c(N2CCCCC2)n1. The van der Waals surface area contributed by atoms with E-state index >= 15 is 0 Å². The molecule has 3 N–H and O–H groups in total. The van der Waals surface area contributed by atoms with E-state index < -0.39 is 6.10 Å². The van der Waals surface area contributed by atoms with Crippen LogP contribution < -0.4 is 15.5 Å². The number of pyridine rings is 2. The molecular formula is C22H27N7O. The van der Waals surface area contributed by atoms with Gasteiger partial charge in [-0.05, 0) is 43.9 Å². The maximum atomic E-state index is 10.1. The van der Waals surface area contributed by atoms with Crippen molar-refractivity contribution >= 4 is 28.5 Å². The zero-order valence-corrected chi connectivity index (χ0v) is 17.2. The molecule has 0 amide bonds. The summed E-state index contributed by atoms with van der Waals surface area (Å²) in [5.41, 5.74) is 3.82. The average Bonchev–Trinajstić information content (AvgIpc) is 2.79. The lowest BCUT2D eigenvalue weighted by Gasteiger charge is -2.29. The highest BCUT2D eigenvalue weighted by Gasteiger charge is 2.19. The Morgan fingerprint density at radius 1 is 1.13 bits per heavy atom. The number of nitrogens with zero attached hydrogens (tertiary/aromatic N) is 5. The number of aliphatic hydroxyl groups is 1. The molecule has 1 saturated heterocycles. The number of aliphatic hydroxyl groups excluding tert-OH is 1. The second kappa shape index (κ2) is 8.12. The number of nitrogens with one attached hydrogen (secondary N) is 2. The number of anilines is 3. The van der Waals surface area contributed by atoms with Gasteiger partial charge in [-0.25, -0.2) is 19.9 Å². The highest BCUT2D eigenvalue weighted by molar-refractivity contribution is 5.89. The van der Waals surface area contributed by atoms with E-state index in [0.717, 1.165) is 73.7 Å². The molecule has 8 heteroatoms. The van der Waals surface area contributed by atoms with Gasteiger partial charge in [-0.15, -0.1) is 0 Å². The van der Waals surface area contributed by atoms with Crippen LogP contribution in [0.4, 0.5) is 17.6 Å². The molecule has 3 aromatic heterocycles. The van der Waals surface area contributed by atoms with Gasteiger partial charge in [-0.3, -0.25) is 0 Å². The maximum absolute atomic E-state index is 10.1. The smallest absolute Gasteiger partial charge is 0.229 e. The summed E-state index contributed by atoms with van der Waals surface area (Å²) in [7, 11) is 0. The van der Waals surface area contributed by atoms with Crippen molar-refractivity contribution in [3.8, 4) is 0 Å². The Balaban J connectivity index is 1.51. The summed E-state index contributed by atoms with van der Waals surface area (Å²) in [6.45, 7) is 5.47. The van der Waals surface area contributed by atoms with Crippen LogP contribution in [0, 0.1) is 0 Å². The maximum Gasteiger partial charge on any atom is 0.229 e. The third-order valence-electron chi connectivity index (χ3n) is 5.81. The first-order valence-corrected chi connectivity index (χ1v) is 10.7. The second-order valence-electron chi connectivity index (χ2n) is 8.08. The zero-order chi connectivity index (χ0) is 20.5. The fourth-order valence-electron chi connectivity index (χ4n) is 4.16. The van der Waals surface area contributed by atoms with Gasteiger partial charge in [0.05, 0.1) is 11.8 Å². The van der Waals surface area contributed by atoms with E-state index in [4.69, 9.17) is 15.0 Å². The Kier molecular flexibility index (Phi) is 5.18. The lowest BCUT2D eigenvalue weighted by atomic mass is 10.1. The molecule has 0 radical (unpaired) electrons.